The molecule has 3 aromatic rings. The molecule has 0 spiro atoms. The molecule has 160 valence electrons. The summed E-state index contributed by atoms with van der Waals surface area (Å²) in [5.74, 6) is 0.872. The first-order valence-electron chi connectivity index (χ1n) is 9.53. The molecule has 0 atom stereocenters. The maximum atomic E-state index is 12.8. The topological polar surface area (TPSA) is 89.0 Å². The Kier molecular flexibility index (Phi) is 5.70. The van der Waals surface area contributed by atoms with Crippen LogP contribution in [0.5, 0.6) is 5.75 Å². The SMILES string of the molecule is O=C(Nc1cncc(OCC2CC2)c1)c1ccnc(Nc2cccc(C(F)(F)F)n2)c1. The van der Waals surface area contributed by atoms with E-state index in [0.717, 1.165) is 18.9 Å². The monoisotopic (exact) mass is 429 g/mol. The van der Waals surface area contributed by atoms with Crippen molar-refractivity contribution in [2.45, 2.75) is 19.0 Å². The fraction of sp³-hybridized carbons (Fsp3) is 0.238. The average molecular weight is 429 g/mol. The zero-order valence-electron chi connectivity index (χ0n) is 16.2. The molecule has 3 heterocycles. The van der Waals surface area contributed by atoms with E-state index in [2.05, 4.69) is 25.6 Å². The van der Waals surface area contributed by atoms with Gasteiger partial charge >= 0.3 is 6.18 Å². The highest BCUT2D eigenvalue weighted by Crippen LogP contribution is 2.30. The Labute approximate surface area is 175 Å². The quantitative estimate of drug-likeness (QED) is 0.567. The number of pyridine rings is 3. The highest BCUT2D eigenvalue weighted by molar-refractivity contribution is 6.04. The number of halogens is 3. The number of aromatic nitrogens is 3. The average Bonchev–Trinajstić information content (AvgIpc) is 3.57. The molecule has 2 N–H and O–H groups in total. The molecule has 31 heavy (non-hydrogen) atoms. The van der Waals surface area contributed by atoms with Gasteiger partial charge in [0, 0.05) is 17.8 Å². The van der Waals surface area contributed by atoms with Crippen LogP contribution in [0.3, 0.4) is 0 Å². The zero-order chi connectivity index (χ0) is 21.8. The molecule has 1 saturated carbocycles. The molecule has 0 radical (unpaired) electrons. The molecule has 0 aromatic carbocycles. The smallest absolute Gasteiger partial charge is 0.433 e. The van der Waals surface area contributed by atoms with E-state index in [9.17, 15) is 18.0 Å². The van der Waals surface area contributed by atoms with Gasteiger partial charge in [0.1, 0.15) is 23.1 Å². The number of carbonyl (C=O) groups is 1. The van der Waals surface area contributed by atoms with Crippen molar-refractivity contribution in [2.75, 3.05) is 17.2 Å². The third-order valence-electron chi connectivity index (χ3n) is 4.47. The standard InChI is InChI=1S/C21H18F3N5O2/c22-21(23,24)17-2-1-3-18(28-17)29-19-8-14(6-7-26-19)20(30)27-15-9-16(11-25-10-15)31-12-13-4-5-13/h1-3,6-11,13H,4-5,12H2,(H,27,30)(H,26,28,29). The Morgan fingerprint density at radius 3 is 2.74 bits per heavy atom. The van der Waals surface area contributed by atoms with Crippen LogP contribution in [0.1, 0.15) is 28.9 Å². The third kappa shape index (κ3) is 5.68. The molecule has 4 rings (SSSR count). The Bertz CT molecular complexity index is 1090. The lowest BCUT2D eigenvalue weighted by atomic mass is 10.2. The van der Waals surface area contributed by atoms with Crippen LogP contribution < -0.4 is 15.4 Å². The lowest BCUT2D eigenvalue weighted by molar-refractivity contribution is -0.141. The van der Waals surface area contributed by atoms with Gasteiger partial charge in [0.05, 0.1) is 24.7 Å². The number of anilines is 3. The van der Waals surface area contributed by atoms with Gasteiger partial charge in [0.2, 0.25) is 0 Å². The van der Waals surface area contributed by atoms with E-state index in [1.54, 1.807) is 12.3 Å². The summed E-state index contributed by atoms with van der Waals surface area (Å²) in [6.07, 6.45) is 2.22. The highest BCUT2D eigenvalue weighted by atomic mass is 19.4. The second kappa shape index (κ2) is 8.58. The highest BCUT2D eigenvalue weighted by Gasteiger charge is 2.32. The maximum absolute atomic E-state index is 12.8. The molecule has 0 bridgehead atoms. The Morgan fingerprint density at radius 2 is 1.97 bits per heavy atom. The van der Waals surface area contributed by atoms with Crippen molar-refractivity contribution in [1.82, 2.24) is 15.0 Å². The number of rotatable bonds is 7. The molecule has 0 aliphatic heterocycles. The van der Waals surface area contributed by atoms with Gasteiger partial charge in [0.25, 0.3) is 5.91 Å². The molecule has 0 saturated heterocycles. The van der Waals surface area contributed by atoms with Gasteiger partial charge < -0.3 is 15.4 Å². The molecule has 0 unspecified atom stereocenters. The van der Waals surface area contributed by atoms with Crippen LogP contribution in [0.2, 0.25) is 0 Å². The van der Waals surface area contributed by atoms with E-state index in [1.165, 1.54) is 36.7 Å². The normalized spacial score (nSPS) is 13.5. The summed E-state index contributed by atoms with van der Waals surface area (Å²) >= 11 is 0. The van der Waals surface area contributed by atoms with Crippen molar-refractivity contribution in [1.29, 1.82) is 0 Å². The Hall–Kier alpha value is -3.69. The fourth-order valence-electron chi connectivity index (χ4n) is 2.70. The van der Waals surface area contributed by atoms with Gasteiger partial charge in [-0.25, -0.2) is 9.97 Å². The third-order valence-corrected chi connectivity index (χ3v) is 4.47. The first-order chi connectivity index (χ1) is 14.9. The largest absolute Gasteiger partial charge is 0.492 e. The van der Waals surface area contributed by atoms with Crippen molar-refractivity contribution in [3.8, 4) is 5.75 Å². The summed E-state index contributed by atoms with van der Waals surface area (Å²) in [7, 11) is 0. The van der Waals surface area contributed by atoms with Crippen molar-refractivity contribution < 1.29 is 22.7 Å². The Balaban J connectivity index is 1.43. The van der Waals surface area contributed by atoms with Crippen LogP contribution in [0.4, 0.5) is 30.5 Å². The van der Waals surface area contributed by atoms with Crippen molar-refractivity contribution in [3.63, 3.8) is 0 Å². The summed E-state index contributed by atoms with van der Waals surface area (Å²) in [6.45, 7) is 0.627. The minimum absolute atomic E-state index is 0.0374. The molecule has 3 aromatic heterocycles. The molecular weight excluding hydrogens is 411 g/mol. The molecule has 7 nitrogen and oxygen atoms in total. The molecule has 1 fully saturated rings. The lowest BCUT2D eigenvalue weighted by Gasteiger charge is -2.10. The minimum Gasteiger partial charge on any atom is -0.492 e. The summed E-state index contributed by atoms with van der Waals surface area (Å²) in [5.41, 5.74) is -0.305. The Morgan fingerprint density at radius 1 is 1.13 bits per heavy atom. The van der Waals surface area contributed by atoms with Crippen LogP contribution in [0, 0.1) is 5.92 Å². The van der Waals surface area contributed by atoms with Gasteiger partial charge in [-0.2, -0.15) is 13.2 Å². The van der Waals surface area contributed by atoms with Gasteiger partial charge in [0.15, 0.2) is 0 Å². The number of alkyl halides is 3. The second-order valence-electron chi connectivity index (χ2n) is 7.08. The molecule has 10 heteroatoms. The number of nitrogens with one attached hydrogen (secondary N) is 2. The summed E-state index contributed by atoms with van der Waals surface area (Å²) in [6, 6.07) is 8.07. The first kappa shape index (κ1) is 20.6. The predicted molar refractivity (Wildman–Crippen MR) is 107 cm³/mol. The summed E-state index contributed by atoms with van der Waals surface area (Å²) in [5, 5.41) is 5.40. The van der Waals surface area contributed by atoms with Gasteiger partial charge in [-0.05, 0) is 43.0 Å². The van der Waals surface area contributed by atoms with Gasteiger partial charge in [-0.15, -0.1) is 0 Å². The number of ether oxygens (including phenoxy) is 1. The number of carbonyl (C=O) groups excluding carboxylic acids is 1. The van der Waals surface area contributed by atoms with Crippen LogP contribution in [-0.4, -0.2) is 27.5 Å². The zero-order valence-corrected chi connectivity index (χ0v) is 16.2. The fourth-order valence-corrected chi connectivity index (χ4v) is 2.70. The van der Waals surface area contributed by atoms with Crippen LogP contribution >= 0.6 is 0 Å². The van der Waals surface area contributed by atoms with Crippen LogP contribution in [-0.2, 0) is 6.18 Å². The number of nitrogens with zero attached hydrogens (tertiary/aromatic N) is 3. The number of hydrogen-bond donors (Lipinski definition) is 2. The van der Waals surface area contributed by atoms with Crippen LogP contribution in [0.25, 0.3) is 0 Å². The van der Waals surface area contributed by atoms with Crippen LogP contribution in [0.15, 0.2) is 55.0 Å². The first-order valence-corrected chi connectivity index (χ1v) is 9.53. The molecule has 1 aliphatic rings. The van der Waals surface area contributed by atoms with E-state index in [0.29, 0.717) is 24.0 Å². The van der Waals surface area contributed by atoms with E-state index in [4.69, 9.17) is 4.74 Å². The number of hydrogen-bond acceptors (Lipinski definition) is 6. The number of amides is 1. The predicted octanol–water partition coefficient (Wildman–Crippen LogP) is 4.68. The van der Waals surface area contributed by atoms with Crippen molar-refractivity contribution >= 4 is 23.2 Å². The van der Waals surface area contributed by atoms with E-state index < -0.39 is 17.8 Å². The second-order valence-corrected chi connectivity index (χ2v) is 7.08. The van der Waals surface area contributed by atoms with E-state index in [-0.39, 0.29) is 17.2 Å². The van der Waals surface area contributed by atoms with Gasteiger partial charge in [-0.1, -0.05) is 6.07 Å². The van der Waals surface area contributed by atoms with Gasteiger partial charge in [-0.3, -0.25) is 9.78 Å². The maximum Gasteiger partial charge on any atom is 0.433 e. The molecule has 1 aliphatic carbocycles. The summed E-state index contributed by atoms with van der Waals surface area (Å²) < 4.78 is 44.1. The molecular formula is C21H18F3N5O2. The van der Waals surface area contributed by atoms with Crippen molar-refractivity contribution in [2.24, 2.45) is 5.92 Å². The van der Waals surface area contributed by atoms with E-state index in [1.807, 2.05) is 0 Å². The molecule has 1 amide bonds. The lowest BCUT2D eigenvalue weighted by Crippen LogP contribution is -2.13. The van der Waals surface area contributed by atoms with Crippen molar-refractivity contribution in [3.05, 3.63) is 66.2 Å². The minimum atomic E-state index is -4.56. The summed E-state index contributed by atoms with van der Waals surface area (Å²) in [4.78, 5) is 24.2. The van der Waals surface area contributed by atoms with E-state index >= 15 is 0 Å².